The molecule has 0 saturated heterocycles. The number of hydrogen-bond acceptors (Lipinski definition) is 1. The topological polar surface area (TPSA) is 9.23 Å². The highest BCUT2D eigenvalue weighted by atomic mass is 16.5. The summed E-state index contributed by atoms with van der Waals surface area (Å²) in [5.41, 5.74) is 0. The van der Waals surface area contributed by atoms with Crippen molar-refractivity contribution in [2.45, 2.75) is 64.7 Å². The largest absolute Gasteiger partial charge is 0.493 e. The van der Waals surface area contributed by atoms with Gasteiger partial charge in [0.15, 0.2) is 0 Å². The average molecular weight is 247 g/mol. The van der Waals surface area contributed by atoms with Crippen molar-refractivity contribution >= 4 is 0 Å². The van der Waals surface area contributed by atoms with Crippen LogP contribution in [-0.4, -0.2) is 6.61 Å². The summed E-state index contributed by atoms with van der Waals surface area (Å²) in [4.78, 5) is 0. The Labute approximate surface area is 113 Å². The molecule has 0 aromatic heterocycles. The number of ether oxygens (including phenoxy) is 1. The first-order chi connectivity index (χ1) is 8.93. The van der Waals surface area contributed by atoms with Crippen molar-refractivity contribution in [3.63, 3.8) is 0 Å². The second-order valence-corrected chi connectivity index (χ2v) is 4.90. The molecule has 0 aliphatic heterocycles. The fraction of sp³-hybridized carbons (Fsp3) is 0.647. The number of para-hydroxylation sites is 1. The van der Waals surface area contributed by atoms with Gasteiger partial charge < -0.3 is 4.74 Å². The van der Waals surface area contributed by atoms with Crippen LogP contribution in [0.1, 0.15) is 64.7 Å². The van der Waals surface area contributed by atoms with E-state index >= 15 is 0 Å². The second kappa shape index (κ2) is 11.1. The lowest BCUT2D eigenvalue weighted by Crippen LogP contribution is -1.97. The highest BCUT2D eigenvalue weighted by Crippen LogP contribution is 2.11. The van der Waals surface area contributed by atoms with Gasteiger partial charge in [-0.15, -0.1) is 0 Å². The Morgan fingerprint density at radius 3 is 2.17 bits per heavy atom. The van der Waals surface area contributed by atoms with Gasteiger partial charge >= 0.3 is 0 Å². The van der Waals surface area contributed by atoms with Crippen LogP contribution in [0.15, 0.2) is 24.3 Å². The highest BCUT2D eigenvalue weighted by Gasteiger charge is 1.94. The molecule has 0 saturated carbocycles. The molecule has 0 unspecified atom stereocenters. The second-order valence-electron chi connectivity index (χ2n) is 4.90. The van der Waals surface area contributed by atoms with Crippen LogP contribution < -0.4 is 4.74 Å². The fourth-order valence-electron chi connectivity index (χ4n) is 2.06. The Bertz CT molecular complexity index is 268. The van der Waals surface area contributed by atoms with E-state index in [1.54, 1.807) is 0 Å². The zero-order chi connectivity index (χ0) is 12.9. The Morgan fingerprint density at radius 1 is 0.889 bits per heavy atom. The third kappa shape index (κ3) is 8.16. The SMILES string of the molecule is CCCCCCCCCCCOc1[c]cccc1. The van der Waals surface area contributed by atoms with Gasteiger partial charge in [-0.3, -0.25) is 0 Å². The van der Waals surface area contributed by atoms with Crippen molar-refractivity contribution < 1.29 is 4.74 Å². The van der Waals surface area contributed by atoms with Crippen LogP contribution in [0, 0.1) is 6.07 Å². The molecule has 1 aromatic carbocycles. The lowest BCUT2D eigenvalue weighted by atomic mass is 10.1. The van der Waals surface area contributed by atoms with Crippen LogP contribution in [0.5, 0.6) is 5.75 Å². The van der Waals surface area contributed by atoms with E-state index in [1.807, 2.05) is 24.3 Å². The molecular formula is C17H27O. The van der Waals surface area contributed by atoms with E-state index in [0.29, 0.717) is 0 Å². The molecule has 0 atom stereocenters. The van der Waals surface area contributed by atoms with Crippen molar-refractivity contribution in [2.24, 2.45) is 0 Å². The van der Waals surface area contributed by atoms with Gasteiger partial charge in [-0.2, -0.15) is 0 Å². The Balaban J connectivity index is 1.82. The van der Waals surface area contributed by atoms with Crippen LogP contribution in [0.25, 0.3) is 0 Å². The average Bonchev–Trinajstić information content (AvgIpc) is 2.42. The number of hydrogen-bond donors (Lipinski definition) is 0. The lowest BCUT2D eigenvalue weighted by molar-refractivity contribution is 0.303. The molecule has 0 spiro atoms. The van der Waals surface area contributed by atoms with Crippen LogP contribution in [0.4, 0.5) is 0 Å². The van der Waals surface area contributed by atoms with Gasteiger partial charge in [0.05, 0.1) is 6.61 Å². The molecular weight excluding hydrogens is 220 g/mol. The maximum atomic E-state index is 5.61. The smallest absolute Gasteiger partial charge is 0.127 e. The van der Waals surface area contributed by atoms with Crippen LogP contribution in [0.2, 0.25) is 0 Å². The molecule has 0 aliphatic carbocycles. The Hall–Kier alpha value is -0.980. The van der Waals surface area contributed by atoms with Gasteiger partial charge in [0.2, 0.25) is 0 Å². The normalized spacial score (nSPS) is 10.5. The monoisotopic (exact) mass is 247 g/mol. The summed E-state index contributed by atoms with van der Waals surface area (Å²) in [5.74, 6) is 0.872. The van der Waals surface area contributed by atoms with Crippen LogP contribution in [0.3, 0.4) is 0 Å². The van der Waals surface area contributed by atoms with Crippen LogP contribution in [-0.2, 0) is 0 Å². The summed E-state index contributed by atoms with van der Waals surface area (Å²) in [7, 11) is 0. The third-order valence-electron chi connectivity index (χ3n) is 3.19. The van der Waals surface area contributed by atoms with Gasteiger partial charge in [0.25, 0.3) is 0 Å². The molecule has 101 valence electrons. The molecule has 0 heterocycles. The molecule has 1 nitrogen and oxygen atoms in total. The maximum Gasteiger partial charge on any atom is 0.127 e. The van der Waals surface area contributed by atoms with Crippen molar-refractivity contribution in [3.05, 3.63) is 30.3 Å². The highest BCUT2D eigenvalue weighted by molar-refractivity contribution is 5.19. The summed E-state index contributed by atoms with van der Waals surface area (Å²) >= 11 is 0. The van der Waals surface area contributed by atoms with E-state index in [1.165, 1.54) is 51.4 Å². The molecule has 0 N–H and O–H groups in total. The molecule has 1 rings (SSSR count). The quantitative estimate of drug-likeness (QED) is 0.476. The number of unbranched alkanes of at least 4 members (excludes halogenated alkanes) is 8. The van der Waals surface area contributed by atoms with Gasteiger partial charge in [-0.25, -0.2) is 0 Å². The zero-order valence-electron chi connectivity index (χ0n) is 11.8. The predicted molar refractivity (Wildman–Crippen MR) is 78.0 cm³/mol. The molecule has 0 fully saturated rings. The van der Waals surface area contributed by atoms with Crippen molar-refractivity contribution in [3.8, 4) is 5.75 Å². The molecule has 18 heavy (non-hydrogen) atoms. The fourth-order valence-corrected chi connectivity index (χ4v) is 2.06. The first-order valence-corrected chi connectivity index (χ1v) is 7.53. The summed E-state index contributed by atoms with van der Waals surface area (Å²) in [6.45, 7) is 3.10. The minimum atomic E-state index is 0.830. The van der Waals surface area contributed by atoms with E-state index in [4.69, 9.17) is 4.74 Å². The molecule has 1 heteroatoms. The molecule has 0 amide bonds. The van der Waals surface area contributed by atoms with Gasteiger partial charge in [-0.05, 0) is 12.5 Å². The standard InChI is InChI=1S/C17H27O/c1-2-3-4-5-6-7-8-9-13-16-18-17-14-11-10-12-15-17/h10-12,14H,2-9,13,16H2,1H3. The molecule has 1 radical (unpaired) electrons. The van der Waals surface area contributed by atoms with Crippen molar-refractivity contribution in [1.82, 2.24) is 0 Å². The summed E-state index contributed by atoms with van der Waals surface area (Å²) in [6.07, 6.45) is 12.2. The van der Waals surface area contributed by atoms with Gasteiger partial charge in [-0.1, -0.05) is 76.5 Å². The zero-order valence-corrected chi connectivity index (χ0v) is 11.8. The van der Waals surface area contributed by atoms with Crippen molar-refractivity contribution in [1.29, 1.82) is 0 Å². The number of rotatable bonds is 11. The van der Waals surface area contributed by atoms with E-state index in [0.717, 1.165) is 18.8 Å². The summed E-state index contributed by atoms with van der Waals surface area (Å²) in [6, 6.07) is 10.9. The van der Waals surface area contributed by atoms with Crippen molar-refractivity contribution in [2.75, 3.05) is 6.61 Å². The Morgan fingerprint density at radius 2 is 1.56 bits per heavy atom. The minimum Gasteiger partial charge on any atom is -0.493 e. The van der Waals surface area contributed by atoms with E-state index in [9.17, 15) is 0 Å². The van der Waals surface area contributed by atoms with E-state index in [2.05, 4.69) is 13.0 Å². The Kier molecular flexibility index (Phi) is 9.32. The molecule has 1 aromatic rings. The van der Waals surface area contributed by atoms with E-state index in [-0.39, 0.29) is 0 Å². The summed E-state index contributed by atoms with van der Waals surface area (Å²) < 4.78 is 5.61. The molecule has 0 bridgehead atoms. The lowest BCUT2D eigenvalue weighted by Gasteiger charge is -2.05. The first kappa shape index (κ1) is 15.1. The first-order valence-electron chi connectivity index (χ1n) is 7.53. The minimum absolute atomic E-state index is 0.830. The third-order valence-corrected chi connectivity index (χ3v) is 3.19. The molecule has 0 aliphatic rings. The van der Waals surface area contributed by atoms with Gasteiger partial charge in [0.1, 0.15) is 5.75 Å². The van der Waals surface area contributed by atoms with Crippen LogP contribution >= 0.6 is 0 Å². The maximum absolute atomic E-state index is 5.61. The summed E-state index contributed by atoms with van der Waals surface area (Å²) in [5, 5.41) is 0. The van der Waals surface area contributed by atoms with Gasteiger partial charge in [0, 0.05) is 6.07 Å². The van der Waals surface area contributed by atoms with E-state index < -0.39 is 0 Å². The predicted octanol–water partition coefficient (Wildman–Crippen LogP) is 5.40. The number of benzene rings is 1.